The first-order valence-corrected chi connectivity index (χ1v) is 11.4. The lowest BCUT2D eigenvalue weighted by atomic mass is 10.2. The highest BCUT2D eigenvalue weighted by Gasteiger charge is 2.16. The molecule has 0 spiro atoms. The summed E-state index contributed by atoms with van der Waals surface area (Å²) in [6, 6.07) is 23.0. The largest absolute Gasteiger partial charge is 0.471 e. The van der Waals surface area contributed by atoms with Crippen LogP contribution in [-0.2, 0) is 13.2 Å². The van der Waals surface area contributed by atoms with E-state index in [1.165, 1.54) is 6.08 Å². The van der Waals surface area contributed by atoms with Crippen LogP contribution in [0.1, 0.15) is 34.8 Å². The number of aliphatic hydroxyl groups excluding tert-OH is 1. The summed E-state index contributed by atoms with van der Waals surface area (Å²) in [6.07, 6.45) is 2.32. The zero-order valence-electron chi connectivity index (χ0n) is 20.5. The molecular weight excluding hydrogens is 458 g/mol. The predicted octanol–water partition coefficient (Wildman–Crippen LogP) is 5.52. The van der Waals surface area contributed by atoms with Gasteiger partial charge in [0.05, 0.1) is 6.04 Å². The third kappa shape index (κ3) is 7.97. The van der Waals surface area contributed by atoms with Gasteiger partial charge in [0.25, 0.3) is 11.8 Å². The highest BCUT2D eigenvalue weighted by molar-refractivity contribution is 5.20. The molecule has 0 unspecified atom stereocenters. The smallest absolute Gasteiger partial charge is 0.254 e. The van der Waals surface area contributed by atoms with E-state index in [9.17, 15) is 5.11 Å². The predicted molar refractivity (Wildman–Crippen MR) is 136 cm³/mol. The molecule has 0 fully saturated rings. The SMILES string of the molecule is C=C[C@@H](O)c1cc(OCc2ccccc2)no1.C=C[C@@H](c1cc(OCc2ccccc2)no1)N(C)C. The molecule has 2 aromatic carbocycles. The first-order chi connectivity index (χ1) is 17.5. The van der Waals surface area contributed by atoms with Crippen LogP contribution < -0.4 is 9.47 Å². The van der Waals surface area contributed by atoms with E-state index in [1.54, 1.807) is 12.1 Å². The monoisotopic (exact) mass is 489 g/mol. The highest BCUT2D eigenvalue weighted by atomic mass is 16.5. The van der Waals surface area contributed by atoms with Crippen molar-refractivity contribution in [2.75, 3.05) is 14.1 Å². The number of benzene rings is 2. The van der Waals surface area contributed by atoms with E-state index < -0.39 is 6.10 Å². The van der Waals surface area contributed by atoms with E-state index in [0.29, 0.717) is 30.7 Å². The Hall–Kier alpha value is -4.14. The Labute approximate surface area is 211 Å². The van der Waals surface area contributed by atoms with Crippen molar-refractivity contribution in [3.63, 3.8) is 0 Å². The average molecular weight is 490 g/mol. The van der Waals surface area contributed by atoms with Crippen LogP contribution in [0.15, 0.2) is 107 Å². The van der Waals surface area contributed by atoms with E-state index >= 15 is 0 Å². The molecule has 0 saturated heterocycles. The molecule has 2 aromatic heterocycles. The van der Waals surface area contributed by atoms with Crippen LogP contribution in [0.5, 0.6) is 11.8 Å². The molecule has 2 heterocycles. The summed E-state index contributed by atoms with van der Waals surface area (Å²) < 4.78 is 21.2. The highest BCUT2D eigenvalue weighted by Crippen LogP contribution is 2.23. The molecular formula is C28H31N3O5. The van der Waals surface area contributed by atoms with Crippen LogP contribution in [0.25, 0.3) is 0 Å². The lowest BCUT2D eigenvalue weighted by Gasteiger charge is -2.16. The summed E-state index contributed by atoms with van der Waals surface area (Å²) >= 11 is 0. The fourth-order valence-electron chi connectivity index (χ4n) is 3.12. The summed E-state index contributed by atoms with van der Waals surface area (Å²) in [5, 5.41) is 17.0. The number of hydrogen-bond donors (Lipinski definition) is 1. The van der Waals surface area contributed by atoms with Gasteiger partial charge < -0.3 is 23.6 Å². The van der Waals surface area contributed by atoms with Gasteiger partial charge in [-0.3, -0.25) is 4.90 Å². The maximum Gasteiger partial charge on any atom is 0.254 e. The van der Waals surface area contributed by atoms with Crippen LogP contribution in [0.2, 0.25) is 0 Å². The lowest BCUT2D eigenvalue weighted by Crippen LogP contribution is -2.16. The van der Waals surface area contributed by atoms with Gasteiger partial charge in [0.1, 0.15) is 19.3 Å². The van der Waals surface area contributed by atoms with E-state index in [-0.39, 0.29) is 6.04 Å². The van der Waals surface area contributed by atoms with Crippen LogP contribution >= 0.6 is 0 Å². The molecule has 0 amide bonds. The van der Waals surface area contributed by atoms with Gasteiger partial charge in [0, 0.05) is 12.1 Å². The molecule has 188 valence electrons. The summed E-state index contributed by atoms with van der Waals surface area (Å²) in [4.78, 5) is 1.99. The van der Waals surface area contributed by atoms with Gasteiger partial charge in [-0.2, -0.15) is 0 Å². The van der Waals surface area contributed by atoms with Gasteiger partial charge in [-0.05, 0) is 35.5 Å². The first-order valence-electron chi connectivity index (χ1n) is 11.4. The molecule has 0 aliphatic rings. The second kappa shape index (κ2) is 13.7. The topological polar surface area (TPSA) is 94.0 Å². The minimum Gasteiger partial charge on any atom is -0.471 e. The maximum absolute atomic E-state index is 9.42. The Morgan fingerprint density at radius 1 is 0.806 bits per heavy atom. The third-order valence-electron chi connectivity index (χ3n) is 5.06. The Morgan fingerprint density at radius 2 is 1.28 bits per heavy atom. The van der Waals surface area contributed by atoms with Crippen molar-refractivity contribution in [2.24, 2.45) is 0 Å². The number of hydrogen-bond acceptors (Lipinski definition) is 8. The second-order valence-corrected chi connectivity index (χ2v) is 8.01. The van der Waals surface area contributed by atoms with Gasteiger partial charge >= 0.3 is 0 Å². The van der Waals surface area contributed by atoms with Crippen molar-refractivity contribution < 1.29 is 23.6 Å². The van der Waals surface area contributed by atoms with Gasteiger partial charge in [-0.15, -0.1) is 13.2 Å². The summed E-state index contributed by atoms with van der Waals surface area (Å²) in [5.41, 5.74) is 2.14. The van der Waals surface area contributed by atoms with Crippen LogP contribution in [0.4, 0.5) is 0 Å². The molecule has 0 radical (unpaired) electrons. The maximum atomic E-state index is 9.42. The molecule has 8 nitrogen and oxygen atoms in total. The normalized spacial score (nSPS) is 12.2. The zero-order valence-corrected chi connectivity index (χ0v) is 20.5. The van der Waals surface area contributed by atoms with E-state index in [1.807, 2.05) is 85.7 Å². The molecule has 0 aliphatic carbocycles. The van der Waals surface area contributed by atoms with Gasteiger partial charge in [-0.25, -0.2) is 0 Å². The lowest BCUT2D eigenvalue weighted by molar-refractivity contribution is 0.181. The van der Waals surface area contributed by atoms with Crippen LogP contribution in [0.3, 0.4) is 0 Å². The minimum absolute atomic E-state index is 0.00146. The molecule has 8 heteroatoms. The first kappa shape index (κ1) is 26.5. The van der Waals surface area contributed by atoms with Crippen LogP contribution in [0, 0.1) is 0 Å². The van der Waals surface area contributed by atoms with Crippen molar-refractivity contribution in [3.8, 4) is 11.8 Å². The Bertz CT molecular complexity index is 1190. The van der Waals surface area contributed by atoms with Crippen molar-refractivity contribution >= 4 is 0 Å². The standard InChI is InChI=1S/C15H18N2O2.C13H13NO3/c1-4-13(17(2)3)14-10-15(16-19-14)18-11-12-8-6-5-7-9-12;1-2-11(15)12-8-13(14-17-12)16-9-10-6-4-3-5-7-10/h4-10,13H,1,11H2,2-3H3;2-8,11,15H,1,9H2/t13-;11-/m01/s1. The number of likely N-dealkylation sites (N-methyl/N-ethyl adjacent to an activating group) is 1. The number of nitrogens with zero attached hydrogens (tertiary/aromatic N) is 3. The summed E-state index contributed by atoms with van der Waals surface area (Å²) in [7, 11) is 3.92. The van der Waals surface area contributed by atoms with E-state index in [4.69, 9.17) is 18.5 Å². The Morgan fingerprint density at radius 3 is 1.72 bits per heavy atom. The second-order valence-electron chi connectivity index (χ2n) is 8.01. The molecule has 0 saturated carbocycles. The molecule has 2 atom stereocenters. The van der Waals surface area contributed by atoms with Gasteiger partial charge in [-0.1, -0.05) is 72.8 Å². The average Bonchev–Trinajstić information content (AvgIpc) is 3.58. The fraction of sp³-hybridized carbons (Fsp3) is 0.214. The molecule has 4 aromatic rings. The number of aliphatic hydroxyl groups is 1. The van der Waals surface area contributed by atoms with Gasteiger partial charge in [0.15, 0.2) is 11.5 Å². The number of ether oxygens (including phenoxy) is 2. The van der Waals surface area contributed by atoms with Crippen molar-refractivity contribution in [3.05, 3.63) is 121 Å². The van der Waals surface area contributed by atoms with E-state index in [0.717, 1.165) is 16.9 Å². The van der Waals surface area contributed by atoms with Gasteiger partial charge in [0.2, 0.25) is 0 Å². The minimum atomic E-state index is -0.850. The van der Waals surface area contributed by atoms with Crippen molar-refractivity contribution in [2.45, 2.75) is 25.4 Å². The molecule has 0 aliphatic heterocycles. The quantitative estimate of drug-likeness (QED) is 0.276. The zero-order chi connectivity index (χ0) is 25.8. The summed E-state index contributed by atoms with van der Waals surface area (Å²) in [6.45, 7) is 8.15. The number of rotatable bonds is 11. The van der Waals surface area contributed by atoms with E-state index in [2.05, 4.69) is 23.5 Å². The molecule has 4 rings (SSSR count). The Kier molecular flexibility index (Phi) is 10.1. The fourth-order valence-corrected chi connectivity index (χ4v) is 3.12. The number of aromatic nitrogens is 2. The van der Waals surface area contributed by atoms with Crippen molar-refractivity contribution in [1.29, 1.82) is 0 Å². The van der Waals surface area contributed by atoms with Crippen LogP contribution in [-0.4, -0.2) is 34.4 Å². The molecule has 36 heavy (non-hydrogen) atoms. The molecule has 1 N–H and O–H groups in total. The Balaban J connectivity index is 0.000000202. The van der Waals surface area contributed by atoms with Crippen molar-refractivity contribution in [1.82, 2.24) is 15.2 Å². The molecule has 0 bridgehead atoms. The summed E-state index contributed by atoms with van der Waals surface area (Å²) in [5.74, 6) is 1.89. The third-order valence-corrected chi connectivity index (χ3v) is 5.06.